The maximum atomic E-state index is 13.1. The highest BCUT2D eigenvalue weighted by Gasteiger charge is 2.43. The van der Waals surface area contributed by atoms with Gasteiger partial charge in [0.1, 0.15) is 0 Å². The van der Waals surface area contributed by atoms with Gasteiger partial charge >= 0.3 is 5.97 Å². The van der Waals surface area contributed by atoms with Crippen LogP contribution in [0, 0.1) is 11.8 Å². The van der Waals surface area contributed by atoms with Gasteiger partial charge in [-0.3, -0.25) is 14.4 Å². The third-order valence-corrected chi connectivity index (χ3v) is 5.01. The van der Waals surface area contributed by atoms with Crippen LogP contribution in [0.1, 0.15) is 41.2 Å². The highest BCUT2D eigenvalue weighted by atomic mass is 16.5. The number of nitrogens with one attached hydrogen (secondary N) is 1. The van der Waals surface area contributed by atoms with E-state index in [9.17, 15) is 14.4 Å². The van der Waals surface area contributed by atoms with Crippen LogP contribution < -0.4 is 5.32 Å². The molecule has 0 bridgehead atoms. The molecule has 1 fully saturated rings. The van der Waals surface area contributed by atoms with Crippen molar-refractivity contribution in [1.82, 2.24) is 4.90 Å². The van der Waals surface area contributed by atoms with E-state index in [2.05, 4.69) is 5.32 Å². The molecule has 0 unspecified atom stereocenters. The first-order chi connectivity index (χ1) is 13.4. The molecule has 0 radical (unpaired) electrons. The summed E-state index contributed by atoms with van der Waals surface area (Å²) in [5.74, 6) is -0.862. The molecule has 1 N–H and O–H groups in total. The van der Waals surface area contributed by atoms with Gasteiger partial charge in [0, 0.05) is 23.8 Å². The number of benzene rings is 1. The van der Waals surface area contributed by atoms with Crippen molar-refractivity contribution in [2.24, 2.45) is 11.8 Å². The summed E-state index contributed by atoms with van der Waals surface area (Å²) in [5, 5.41) is 2.72. The second-order valence-electron chi connectivity index (χ2n) is 7.16. The molecule has 0 saturated carbocycles. The second kappa shape index (κ2) is 8.29. The highest BCUT2D eigenvalue weighted by molar-refractivity contribution is 6.03. The maximum Gasteiger partial charge on any atom is 0.310 e. The lowest BCUT2D eigenvalue weighted by Gasteiger charge is -2.30. The minimum atomic E-state index is -0.387. The van der Waals surface area contributed by atoms with E-state index in [4.69, 9.17) is 9.15 Å². The van der Waals surface area contributed by atoms with E-state index < -0.39 is 0 Å². The van der Waals surface area contributed by atoms with Crippen molar-refractivity contribution in [3.63, 3.8) is 0 Å². The number of carbonyl (C=O) groups is 3. The van der Waals surface area contributed by atoms with Crippen LogP contribution >= 0.6 is 0 Å². The Morgan fingerprint density at radius 3 is 2.64 bits per heavy atom. The predicted molar refractivity (Wildman–Crippen MR) is 103 cm³/mol. The van der Waals surface area contributed by atoms with Gasteiger partial charge in [-0.25, -0.2) is 0 Å². The van der Waals surface area contributed by atoms with E-state index in [1.165, 1.54) is 13.4 Å². The number of likely N-dealkylation sites (tertiary alicyclic amines) is 1. The lowest BCUT2D eigenvalue weighted by molar-refractivity contribution is -0.146. The Labute approximate surface area is 163 Å². The van der Waals surface area contributed by atoms with Crippen molar-refractivity contribution in [2.45, 2.75) is 26.3 Å². The predicted octanol–water partition coefficient (Wildman–Crippen LogP) is 3.19. The molecule has 148 valence electrons. The average molecular weight is 384 g/mol. The van der Waals surface area contributed by atoms with Crippen molar-refractivity contribution in [3.05, 3.63) is 54.0 Å². The minimum Gasteiger partial charge on any atom is -0.469 e. The van der Waals surface area contributed by atoms with Crippen LogP contribution in [0.25, 0.3) is 0 Å². The third-order valence-electron chi connectivity index (χ3n) is 5.01. The summed E-state index contributed by atoms with van der Waals surface area (Å²) in [6, 6.07) is 9.73. The van der Waals surface area contributed by atoms with Gasteiger partial charge in [0.2, 0.25) is 0 Å². The molecule has 2 amide bonds. The van der Waals surface area contributed by atoms with Crippen molar-refractivity contribution >= 4 is 23.5 Å². The molecular formula is C21H24N2O5. The molecule has 2 atom stereocenters. The van der Waals surface area contributed by atoms with Gasteiger partial charge in [-0.15, -0.1) is 0 Å². The number of furan rings is 1. The smallest absolute Gasteiger partial charge is 0.310 e. The van der Waals surface area contributed by atoms with E-state index in [-0.39, 0.29) is 41.4 Å². The molecule has 7 nitrogen and oxygen atoms in total. The van der Waals surface area contributed by atoms with Crippen LogP contribution in [0.4, 0.5) is 5.69 Å². The van der Waals surface area contributed by atoms with Crippen molar-refractivity contribution in [3.8, 4) is 0 Å². The number of rotatable bonds is 5. The standard InChI is InChI=1S/C21H24N2O5/c1-13(2)18-16(21(26)27-3)9-10-23(18)20(25)14-6-4-7-15(12-14)22-19(24)17-8-5-11-28-17/h4-8,11-13,16,18H,9-10H2,1-3H3,(H,22,24)/t16-,18-/m0/s1. The monoisotopic (exact) mass is 384 g/mol. The number of hydrogen-bond acceptors (Lipinski definition) is 5. The molecular weight excluding hydrogens is 360 g/mol. The first-order valence-electron chi connectivity index (χ1n) is 9.26. The Bertz CT molecular complexity index is 859. The van der Waals surface area contributed by atoms with E-state index >= 15 is 0 Å². The molecule has 1 aromatic heterocycles. The molecule has 1 saturated heterocycles. The fourth-order valence-electron chi connectivity index (χ4n) is 3.78. The van der Waals surface area contributed by atoms with Gasteiger partial charge in [-0.1, -0.05) is 19.9 Å². The summed E-state index contributed by atoms with van der Waals surface area (Å²) in [5.41, 5.74) is 0.950. The van der Waals surface area contributed by atoms with Crippen LogP contribution in [0.5, 0.6) is 0 Å². The molecule has 1 aromatic carbocycles. The molecule has 2 aromatic rings. The Balaban J connectivity index is 1.78. The number of carbonyl (C=O) groups excluding carboxylic acids is 3. The summed E-state index contributed by atoms with van der Waals surface area (Å²) in [6.45, 7) is 4.48. The van der Waals surface area contributed by atoms with Gasteiger partial charge in [-0.2, -0.15) is 0 Å². The van der Waals surface area contributed by atoms with Crippen LogP contribution in [0.3, 0.4) is 0 Å². The fraction of sp³-hybridized carbons (Fsp3) is 0.381. The summed E-state index contributed by atoms with van der Waals surface area (Å²) >= 11 is 0. The number of anilines is 1. The van der Waals surface area contributed by atoms with E-state index in [1.54, 1.807) is 41.3 Å². The van der Waals surface area contributed by atoms with Gasteiger partial charge < -0.3 is 19.4 Å². The molecule has 7 heteroatoms. The zero-order chi connectivity index (χ0) is 20.3. The summed E-state index contributed by atoms with van der Waals surface area (Å²) in [4.78, 5) is 39.1. The molecule has 2 heterocycles. The van der Waals surface area contributed by atoms with Crippen LogP contribution in [-0.2, 0) is 9.53 Å². The normalized spacial score (nSPS) is 18.9. The Hall–Kier alpha value is -3.09. The zero-order valence-corrected chi connectivity index (χ0v) is 16.2. The van der Waals surface area contributed by atoms with Gasteiger partial charge in [-0.05, 0) is 42.7 Å². The van der Waals surface area contributed by atoms with E-state index in [0.717, 1.165) is 0 Å². The Kier molecular flexibility index (Phi) is 5.82. The number of amides is 2. The summed E-state index contributed by atoms with van der Waals surface area (Å²) in [7, 11) is 1.37. The largest absolute Gasteiger partial charge is 0.469 e. The van der Waals surface area contributed by atoms with Gasteiger partial charge in [0.05, 0.1) is 19.3 Å². The topological polar surface area (TPSA) is 88.9 Å². The quantitative estimate of drug-likeness (QED) is 0.800. The number of hydrogen-bond donors (Lipinski definition) is 1. The molecule has 1 aliphatic heterocycles. The van der Waals surface area contributed by atoms with Crippen LogP contribution in [0.15, 0.2) is 47.1 Å². The van der Waals surface area contributed by atoms with Crippen molar-refractivity contribution < 1.29 is 23.5 Å². The average Bonchev–Trinajstić information content (AvgIpc) is 3.36. The maximum absolute atomic E-state index is 13.1. The summed E-state index contributed by atoms with van der Waals surface area (Å²) < 4.78 is 9.99. The van der Waals surface area contributed by atoms with Crippen molar-refractivity contribution in [1.29, 1.82) is 0 Å². The first kappa shape index (κ1) is 19.7. The zero-order valence-electron chi connectivity index (χ0n) is 16.2. The lowest BCUT2D eigenvalue weighted by Crippen LogP contribution is -2.43. The third kappa shape index (κ3) is 3.93. The molecule has 1 aliphatic rings. The molecule has 3 rings (SSSR count). The number of ether oxygens (including phenoxy) is 1. The Morgan fingerprint density at radius 2 is 2.00 bits per heavy atom. The SMILES string of the molecule is COC(=O)[C@H]1CCN(C(=O)c2cccc(NC(=O)c3ccco3)c2)[C@H]1C(C)C. The number of nitrogens with zero attached hydrogens (tertiary/aromatic N) is 1. The highest BCUT2D eigenvalue weighted by Crippen LogP contribution is 2.32. The van der Waals surface area contributed by atoms with Crippen molar-refractivity contribution in [2.75, 3.05) is 19.0 Å². The van der Waals surface area contributed by atoms with E-state index in [1.807, 2.05) is 13.8 Å². The Morgan fingerprint density at radius 1 is 1.21 bits per heavy atom. The minimum absolute atomic E-state index is 0.109. The van der Waals surface area contributed by atoms with Crippen LogP contribution in [0.2, 0.25) is 0 Å². The molecule has 0 spiro atoms. The first-order valence-corrected chi connectivity index (χ1v) is 9.26. The number of esters is 1. The number of methoxy groups -OCH3 is 1. The van der Waals surface area contributed by atoms with Gasteiger partial charge in [0.25, 0.3) is 11.8 Å². The van der Waals surface area contributed by atoms with E-state index in [0.29, 0.717) is 24.2 Å². The van der Waals surface area contributed by atoms with Gasteiger partial charge in [0.15, 0.2) is 5.76 Å². The lowest BCUT2D eigenvalue weighted by atomic mass is 9.91. The summed E-state index contributed by atoms with van der Waals surface area (Å²) in [6.07, 6.45) is 2.00. The molecule has 28 heavy (non-hydrogen) atoms. The second-order valence-corrected chi connectivity index (χ2v) is 7.16. The fourth-order valence-corrected chi connectivity index (χ4v) is 3.78. The van der Waals surface area contributed by atoms with Crippen LogP contribution in [-0.4, -0.2) is 42.4 Å². The molecule has 0 aliphatic carbocycles.